The van der Waals surface area contributed by atoms with E-state index in [1.807, 2.05) is 24.5 Å². The van der Waals surface area contributed by atoms with Crippen molar-refractivity contribution in [2.75, 3.05) is 11.9 Å². The molecular weight excluding hydrogens is 184 g/mol. The predicted octanol–water partition coefficient (Wildman–Crippen LogP) is 3.32. The summed E-state index contributed by atoms with van der Waals surface area (Å²) in [7, 11) is 0. The molecule has 2 nitrogen and oxygen atoms in total. The first kappa shape index (κ1) is 10.5. The van der Waals surface area contributed by atoms with Gasteiger partial charge in [0.25, 0.3) is 0 Å². The molecule has 1 aliphatic carbocycles. The Hall–Kier alpha value is -1.05. The second kappa shape index (κ2) is 5.15. The molecule has 0 saturated heterocycles. The highest BCUT2D eigenvalue weighted by molar-refractivity contribution is 5.40. The van der Waals surface area contributed by atoms with Crippen LogP contribution in [0.2, 0.25) is 0 Å². The lowest BCUT2D eigenvalue weighted by atomic mass is 9.83. The Labute approximate surface area is 92.1 Å². The van der Waals surface area contributed by atoms with Crippen LogP contribution in [-0.2, 0) is 0 Å². The molecule has 1 heterocycles. The molecule has 0 bridgehead atoms. The third-order valence-corrected chi connectivity index (χ3v) is 3.41. The molecule has 1 aromatic heterocycles. The number of hydrogen-bond acceptors (Lipinski definition) is 2. The van der Waals surface area contributed by atoms with Crippen molar-refractivity contribution in [3.63, 3.8) is 0 Å². The van der Waals surface area contributed by atoms with Crippen molar-refractivity contribution in [2.24, 2.45) is 11.8 Å². The zero-order chi connectivity index (χ0) is 10.5. The van der Waals surface area contributed by atoms with Gasteiger partial charge in [-0.15, -0.1) is 0 Å². The van der Waals surface area contributed by atoms with Gasteiger partial charge in [-0.2, -0.15) is 0 Å². The zero-order valence-corrected chi connectivity index (χ0v) is 9.45. The fourth-order valence-corrected chi connectivity index (χ4v) is 2.27. The molecule has 1 fully saturated rings. The van der Waals surface area contributed by atoms with Crippen LogP contribution in [0.3, 0.4) is 0 Å². The summed E-state index contributed by atoms with van der Waals surface area (Å²) in [5.74, 6) is 1.82. The fourth-order valence-electron chi connectivity index (χ4n) is 2.27. The van der Waals surface area contributed by atoms with Gasteiger partial charge in [0.2, 0.25) is 0 Å². The third-order valence-electron chi connectivity index (χ3n) is 3.41. The van der Waals surface area contributed by atoms with E-state index in [1.165, 1.54) is 31.4 Å². The predicted molar refractivity (Wildman–Crippen MR) is 63.8 cm³/mol. The largest absolute Gasteiger partial charge is 0.385 e. The standard InChI is InChI=1S/C13H20N2/c1-11-2-4-12(5-3-11)10-15-13-6-8-14-9-7-13/h6-9,11-12H,2-5,10H2,1H3,(H,14,15). The lowest BCUT2D eigenvalue weighted by Crippen LogP contribution is -2.20. The monoisotopic (exact) mass is 204 g/mol. The molecule has 82 valence electrons. The summed E-state index contributed by atoms with van der Waals surface area (Å²) in [5.41, 5.74) is 1.20. The van der Waals surface area contributed by atoms with Crippen LogP contribution < -0.4 is 5.32 Å². The molecule has 1 aliphatic rings. The fraction of sp³-hybridized carbons (Fsp3) is 0.615. The molecule has 2 heteroatoms. The van der Waals surface area contributed by atoms with Crippen LogP contribution in [0.25, 0.3) is 0 Å². The first-order valence-corrected chi connectivity index (χ1v) is 5.98. The Morgan fingerprint density at radius 2 is 1.87 bits per heavy atom. The number of nitrogens with zero attached hydrogens (tertiary/aromatic N) is 1. The number of pyridine rings is 1. The van der Waals surface area contributed by atoms with Crippen molar-refractivity contribution < 1.29 is 0 Å². The summed E-state index contributed by atoms with van der Waals surface area (Å²) in [6.07, 6.45) is 9.26. The van der Waals surface area contributed by atoms with E-state index in [0.717, 1.165) is 18.4 Å². The molecule has 0 aliphatic heterocycles. The first-order chi connectivity index (χ1) is 7.34. The Balaban J connectivity index is 1.74. The van der Waals surface area contributed by atoms with Crippen LogP contribution in [0, 0.1) is 11.8 Å². The lowest BCUT2D eigenvalue weighted by Gasteiger charge is -2.26. The molecule has 0 atom stereocenters. The van der Waals surface area contributed by atoms with E-state index in [9.17, 15) is 0 Å². The van der Waals surface area contributed by atoms with Gasteiger partial charge in [-0.05, 0) is 36.8 Å². The van der Waals surface area contributed by atoms with Gasteiger partial charge in [0, 0.05) is 24.6 Å². The maximum atomic E-state index is 4.01. The summed E-state index contributed by atoms with van der Waals surface area (Å²) < 4.78 is 0. The Morgan fingerprint density at radius 3 is 2.53 bits per heavy atom. The van der Waals surface area contributed by atoms with Gasteiger partial charge < -0.3 is 5.32 Å². The van der Waals surface area contributed by atoms with Crippen LogP contribution in [-0.4, -0.2) is 11.5 Å². The SMILES string of the molecule is CC1CCC(CNc2ccncc2)CC1. The van der Waals surface area contributed by atoms with Crippen molar-refractivity contribution in [2.45, 2.75) is 32.6 Å². The van der Waals surface area contributed by atoms with E-state index in [2.05, 4.69) is 17.2 Å². The van der Waals surface area contributed by atoms with Crippen molar-refractivity contribution in [1.29, 1.82) is 0 Å². The number of aromatic nitrogens is 1. The third kappa shape index (κ3) is 3.22. The summed E-state index contributed by atoms with van der Waals surface area (Å²) in [6.45, 7) is 3.49. The first-order valence-electron chi connectivity index (χ1n) is 5.98. The van der Waals surface area contributed by atoms with Gasteiger partial charge >= 0.3 is 0 Å². The highest BCUT2D eigenvalue weighted by atomic mass is 14.9. The second-order valence-electron chi connectivity index (χ2n) is 4.74. The smallest absolute Gasteiger partial charge is 0.0371 e. The molecule has 1 N–H and O–H groups in total. The van der Waals surface area contributed by atoms with Crippen molar-refractivity contribution in [3.8, 4) is 0 Å². The van der Waals surface area contributed by atoms with Gasteiger partial charge in [0.1, 0.15) is 0 Å². The van der Waals surface area contributed by atoms with E-state index in [4.69, 9.17) is 0 Å². The zero-order valence-electron chi connectivity index (χ0n) is 9.45. The van der Waals surface area contributed by atoms with Crippen LogP contribution in [0.4, 0.5) is 5.69 Å². The van der Waals surface area contributed by atoms with Crippen LogP contribution >= 0.6 is 0 Å². The summed E-state index contributed by atoms with van der Waals surface area (Å²) >= 11 is 0. The number of rotatable bonds is 3. The molecule has 0 aromatic carbocycles. The minimum absolute atomic E-state index is 0.870. The van der Waals surface area contributed by atoms with Crippen LogP contribution in [0.5, 0.6) is 0 Å². The minimum atomic E-state index is 0.870. The van der Waals surface area contributed by atoms with Gasteiger partial charge in [-0.25, -0.2) is 0 Å². The Kier molecular flexibility index (Phi) is 3.59. The Morgan fingerprint density at radius 1 is 1.20 bits per heavy atom. The molecule has 0 spiro atoms. The second-order valence-corrected chi connectivity index (χ2v) is 4.74. The van der Waals surface area contributed by atoms with Crippen molar-refractivity contribution >= 4 is 5.69 Å². The van der Waals surface area contributed by atoms with Gasteiger partial charge in [-0.1, -0.05) is 19.8 Å². The van der Waals surface area contributed by atoms with E-state index in [0.29, 0.717) is 0 Å². The van der Waals surface area contributed by atoms with Gasteiger partial charge in [0.15, 0.2) is 0 Å². The maximum Gasteiger partial charge on any atom is 0.0371 e. The Bertz CT molecular complexity index is 276. The average molecular weight is 204 g/mol. The summed E-state index contributed by atoms with van der Waals surface area (Å²) in [5, 5.41) is 3.49. The molecule has 0 amide bonds. The quantitative estimate of drug-likeness (QED) is 0.817. The molecule has 1 saturated carbocycles. The highest BCUT2D eigenvalue weighted by Crippen LogP contribution is 2.28. The molecule has 2 rings (SSSR count). The highest BCUT2D eigenvalue weighted by Gasteiger charge is 2.17. The topological polar surface area (TPSA) is 24.9 Å². The average Bonchev–Trinajstić information content (AvgIpc) is 2.30. The van der Waals surface area contributed by atoms with E-state index in [1.54, 1.807) is 0 Å². The summed E-state index contributed by atoms with van der Waals surface area (Å²) in [4.78, 5) is 4.01. The molecular formula is C13H20N2. The molecule has 0 unspecified atom stereocenters. The lowest BCUT2D eigenvalue weighted by molar-refractivity contribution is 0.300. The maximum absolute atomic E-state index is 4.01. The number of anilines is 1. The van der Waals surface area contributed by atoms with Gasteiger partial charge in [-0.3, -0.25) is 4.98 Å². The number of nitrogens with one attached hydrogen (secondary N) is 1. The minimum Gasteiger partial charge on any atom is -0.385 e. The molecule has 15 heavy (non-hydrogen) atoms. The number of hydrogen-bond donors (Lipinski definition) is 1. The van der Waals surface area contributed by atoms with Crippen molar-refractivity contribution in [1.82, 2.24) is 4.98 Å². The normalized spacial score (nSPS) is 26.2. The van der Waals surface area contributed by atoms with E-state index < -0.39 is 0 Å². The van der Waals surface area contributed by atoms with E-state index in [-0.39, 0.29) is 0 Å². The van der Waals surface area contributed by atoms with Crippen LogP contribution in [0.1, 0.15) is 32.6 Å². The van der Waals surface area contributed by atoms with Gasteiger partial charge in [0.05, 0.1) is 0 Å². The van der Waals surface area contributed by atoms with E-state index >= 15 is 0 Å². The molecule has 1 aromatic rings. The van der Waals surface area contributed by atoms with Crippen molar-refractivity contribution in [3.05, 3.63) is 24.5 Å². The van der Waals surface area contributed by atoms with Crippen LogP contribution in [0.15, 0.2) is 24.5 Å². The summed E-state index contributed by atoms with van der Waals surface area (Å²) in [6, 6.07) is 4.07. The molecule has 0 radical (unpaired) electrons.